The van der Waals surface area contributed by atoms with Gasteiger partial charge in [0.25, 0.3) is 0 Å². The molecule has 0 fully saturated rings. The van der Waals surface area contributed by atoms with E-state index < -0.39 is 0 Å². The van der Waals surface area contributed by atoms with Crippen molar-refractivity contribution in [1.82, 2.24) is 5.43 Å². The summed E-state index contributed by atoms with van der Waals surface area (Å²) in [6.45, 7) is 0. The van der Waals surface area contributed by atoms with E-state index in [1.54, 1.807) is 36.8 Å². The Hall–Kier alpha value is -2.11. The van der Waals surface area contributed by atoms with E-state index in [-0.39, 0.29) is 17.4 Å². The van der Waals surface area contributed by atoms with Gasteiger partial charge in [0.05, 0.1) is 12.5 Å². The molecule has 0 aliphatic carbocycles. The summed E-state index contributed by atoms with van der Waals surface area (Å²) in [4.78, 5) is 0. The van der Waals surface area contributed by atoms with Crippen LogP contribution in [0, 0.1) is 5.82 Å². The van der Waals surface area contributed by atoms with E-state index in [0.29, 0.717) is 11.1 Å². The zero-order valence-electron chi connectivity index (χ0n) is 9.39. The molecule has 5 heteroatoms. The van der Waals surface area contributed by atoms with Gasteiger partial charge in [0.1, 0.15) is 11.8 Å². The van der Waals surface area contributed by atoms with Crippen LogP contribution in [0.4, 0.5) is 4.39 Å². The molecule has 0 aliphatic rings. The molecule has 1 aromatic carbocycles. The van der Waals surface area contributed by atoms with Crippen molar-refractivity contribution in [3.63, 3.8) is 0 Å². The Bertz CT molecular complexity index is 661. The second-order valence-corrected chi connectivity index (χ2v) is 3.96. The normalized spacial score (nSPS) is 13.0. The summed E-state index contributed by atoms with van der Waals surface area (Å²) in [5, 5.41) is 0.703. The van der Waals surface area contributed by atoms with E-state index in [0.717, 1.165) is 5.56 Å². The highest BCUT2D eigenvalue weighted by molar-refractivity contribution is 5.78. The SMILES string of the molecule is NNC(c1ccoc1)c1cc2cccc(F)c2o1. The fourth-order valence-corrected chi connectivity index (χ4v) is 1.97. The standard InChI is InChI=1S/C13H11FN2O2/c14-10-3-1-2-8-6-11(18-13(8)10)12(16-15)9-4-5-17-7-9/h1-7,12,16H,15H2. The van der Waals surface area contributed by atoms with Crippen LogP contribution < -0.4 is 11.3 Å². The Kier molecular flexibility index (Phi) is 2.62. The predicted octanol–water partition coefficient (Wildman–Crippen LogP) is 2.72. The number of nitrogens with two attached hydrogens (primary N) is 1. The van der Waals surface area contributed by atoms with Crippen LogP contribution >= 0.6 is 0 Å². The van der Waals surface area contributed by atoms with Gasteiger partial charge in [-0.25, -0.2) is 9.82 Å². The van der Waals surface area contributed by atoms with Gasteiger partial charge in [0.2, 0.25) is 0 Å². The van der Waals surface area contributed by atoms with Crippen LogP contribution in [-0.2, 0) is 0 Å². The lowest BCUT2D eigenvalue weighted by molar-refractivity contribution is 0.461. The van der Waals surface area contributed by atoms with Gasteiger partial charge in [-0.2, -0.15) is 0 Å². The number of para-hydroxylation sites is 1. The van der Waals surface area contributed by atoms with E-state index >= 15 is 0 Å². The molecule has 0 radical (unpaired) electrons. The molecule has 0 saturated carbocycles. The van der Waals surface area contributed by atoms with E-state index in [2.05, 4.69) is 5.43 Å². The summed E-state index contributed by atoms with van der Waals surface area (Å²) in [5.41, 5.74) is 3.67. The molecular weight excluding hydrogens is 235 g/mol. The molecule has 4 nitrogen and oxygen atoms in total. The molecule has 0 spiro atoms. The summed E-state index contributed by atoms with van der Waals surface area (Å²) in [7, 11) is 0. The molecule has 1 unspecified atom stereocenters. The molecule has 2 heterocycles. The molecule has 0 amide bonds. The molecule has 92 valence electrons. The van der Waals surface area contributed by atoms with E-state index in [9.17, 15) is 4.39 Å². The van der Waals surface area contributed by atoms with Crippen molar-refractivity contribution in [1.29, 1.82) is 0 Å². The topological polar surface area (TPSA) is 64.3 Å². The third kappa shape index (κ3) is 1.70. The minimum absolute atomic E-state index is 0.233. The Morgan fingerprint density at radius 1 is 1.28 bits per heavy atom. The molecule has 18 heavy (non-hydrogen) atoms. The van der Waals surface area contributed by atoms with Gasteiger partial charge < -0.3 is 8.83 Å². The number of furan rings is 2. The number of hydrazine groups is 1. The number of hydrogen-bond donors (Lipinski definition) is 2. The lowest BCUT2D eigenvalue weighted by atomic mass is 10.1. The Labute approximate surface area is 102 Å². The van der Waals surface area contributed by atoms with Gasteiger partial charge in [-0.1, -0.05) is 12.1 Å². The Balaban J connectivity index is 2.11. The predicted molar refractivity (Wildman–Crippen MR) is 64.0 cm³/mol. The molecule has 3 N–H and O–H groups in total. The highest BCUT2D eigenvalue weighted by Gasteiger charge is 2.19. The number of halogens is 1. The fourth-order valence-electron chi connectivity index (χ4n) is 1.97. The maximum absolute atomic E-state index is 13.5. The maximum Gasteiger partial charge on any atom is 0.169 e. The molecule has 0 bridgehead atoms. The van der Waals surface area contributed by atoms with E-state index in [4.69, 9.17) is 14.7 Å². The van der Waals surface area contributed by atoms with Gasteiger partial charge in [-0.3, -0.25) is 5.84 Å². The zero-order chi connectivity index (χ0) is 12.5. The summed E-state index contributed by atoms with van der Waals surface area (Å²) < 4.78 is 24.1. The van der Waals surface area contributed by atoms with Crippen LogP contribution in [-0.4, -0.2) is 0 Å². The lowest BCUT2D eigenvalue weighted by Gasteiger charge is -2.10. The quantitative estimate of drug-likeness (QED) is 0.551. The monoisotopic (exact) mass is 246 g/mol. The molecule has 3 aromatic rings. The Morgan fingerprint density at radius 3 is 2.83 bits per heavy atom. The molecule has 0 saturated heterocycles. The maximum atomic E-state index is 13.5. The number of fused-ring (bicyclic) bond motifs is 1. The minimum atomic E-state index is -0.387. The van der Waals surface area contributed by atoms with E-state index in [1.165, 1.54) is 6.07 Å². The van der Waals surface area contributed by atoms with Crippen LogP contribution in [0.5, 0.6) is 0 Å². The first-order chi connectivity index (χ1) is 8.79. The van der Waals surface area contributed by atoms with Gasteiger partial charge in [-0.15, -0.1) is 0 Å². The molecule has 3 rings (SSSR count). The fraction of sp³-hybridized carbons (Fsp3) is 0.0769. The first-order valence-electron chi connectivity index (χ1n) is 5.46. The lowest BCUT2D eigenvalue weighted by Crippen LogP contribution is -2.28. The first-order valence-corrected chi connectivity index (χ1v) is 5.46. The Morgan fingerprint density at radius 2 is 2.17 bits per heavy atom. The van der Waals surface area contributed by atoms with Crippen molar-refractivity contribution >= 4 is 11.0 Å². The van der Waals surface area contributed by atoms with Crippen molar-refractivity contribution in [3.05, 3.63) is 60.0 Å². The van der Waals surface area contributed by atoms with E-state index in [1.807, 2.05) is 0 Å². The smallest absolute Gasteiger partial charge is 0.169 e. The van der Waals surface area contributed by atoms with Crippen LogP contribution in [0.25, 0.3) is 11.0 Å². The van der Waals surface area contributed by atoms with Gasteiger partial charge in [0.15, 0.2) is 11.4 Å². The molecule has 1 atom stereocenters. The highest BCUT2D eigenvalue weighted by atomic mass is 19.1. The van der Waals surface area contributed by atoms with Crippen LogP contribution in [0.3, 0.4) is 0 Å². The largest absolute Gasteiger partial charge is 0.472 e. The van der Waals surface area contributed by atoms with Gasteiger partial charge >= 0.3 is 0 Å². The van der Waals surface area contributed by atoms with Gasteiger partial charge in [0, 0.05) is 10.9 Å². The third-order valence-electron chi connectivity index (χ3n) is 2.84. The highest BCUT2D eigenvalue weighted by Crippen LogP contribution is 2.29. The number of nitrogens with one attached hydrogen (secondary N) is 1. The zero-order valence-corrected chi connectivity index (χ0v) is 9.39. The molecule has 2 aromatic heterocycles. The van der Waals surface area contributed by atoms with Gasteiger partial charge in [-0.05, 0) is 18.2 Å². The first kappa shape index (κ1) is 11.0. The van der Waals surface area contributed by atoms with Crippen LogP contribution in [0.15, 0.2) is 51.7 Å². The number of benzene rings is 1. The average Bonchev–Trinajstić information content (AvgIpc) is 3.00. The second kappa shape index (κ2) is 4.29. The number of hydrogen-bond acceptors (Lipinski definition) is 4. The summed E-state index contributed by atoms with van der Waals surface area (Å²) in [6, 6.07) is 7.95. The molecule has 0 aliphatic heterocycles. The summed E-state index contributed by atoms with van der Waals surface area (Å²) in [5.74, 6) is 5.66. The minimum Gasteiger partial charge on any atom is -0.472 e. The van der Waals surface area contributed by atoms with Crippen molar-refractivity contribution in [2.75, 3.05) is 0 Å². The van der Waals surface area contributed by atoms with Crippen LogP contribution in [0.2, 0.25) is 0 Å². The average molecular weight is 246 g/mol. The van der Waals surface area contributed by atoms with Crippen molar-refractivity contribution in [2.24, 2.45) is 5.84 Å². The van der Waals surface area contributed by atoms with Crippen molar-refractivity contribution in [2.45, 2.75) is 6.04 Å². The summed E-state index contributed by atoms with van der Waals surface area (Å²) in [6.07, 6.45) is 3.11. The van der Waals surface area contributed by atoms with Crippen molar-refractivity contribution in [3.8, 4) is 0 Å². The third-order valence-corrected chi connectivity index (χ3v) is 2.84. The van der Waals surface area contributed by atoms with Crippen molar-refractivity contribution < 1.29 is 13.2 Å². The van der Waals surface area contributed by atoms with Crippen LogP contribution in [0.1, 0.15) is 17.4 Å². The molecular formula is C13H11FN2O2. The second-order valence-electron chi connectivity index (χ2n) is 3.96. The number of rotatable bonds is 3. The summed E-state index contributed by atoms with van der Waals surface area (Å²) >= 11 is 0.